The number of amides is 2. The standard InChI is InChI=1S/C16H19F3N2O4/c1-2-25-11-5-3-4-10(6-11)7-20-15(24)21-8-12(14(22)23)13(9-21)16(17,18)19/h3-6,12-13H,2,7-9H2,1H3,(H,20,24)(H,22,23)/t12-,13-/m1/s1. The van der Waals surface area contributed by atoms with Crippen molar-refractivity contribution in [3.63, 3.8) is 0 Å². The molecule has 1 aromatic rings. The lowest BCUT2D eigenvalue weighted by molar-refractivity contribution is -0.187. The smallest absolute Gasteiger partial charge is 0.394 e. The average Bonchev–Trinajstić information content (AvgIpc) is 2.99. The van der Waals surface area contributed by atoms with Gasteiger partial charge in [0.25, 0.3) is 0 Å². The van der Waals surface area contributed by atoms with Crippen molar-refractivity contribution in [2.24, 2.45) is 11.8 Å². The largest absolute Gasteiger partial charge is 0.494 e. The molecule has 6 nitrogen and oxygen atoms in total. The Bertz CT molecular complexity index is 636. The molecule has 138 valence electrons. The summed E-state index contributed by atoms with van der Waals surface area (Å²) < 4.78 is 44.2. The first kappa shape index (κ1) is 18.9. The van der Waals surface area contributed by atoms with Crippen LogP contribution in [0, 0.1) is 11.8 Å². The summed E-state index contributed by atoms with van der Waals surface area (Å²) in [5, 5.41) is 11.5. The van der Waals surface area contributed by atoms with E-state index in [0.29, 0.717) is 12.4 Å². The minimum Gasteiger partial charge on any atom is -0.494 e. The summed E-state index contributed by atoms with van der Waals surface area (Å²) in [6, 6.07) is 6.22. The first-order chi connectivity index (χ1) is 11.7. The van der Waals surface area contributed by atoms with E-state index in [0.717, 1.165) is 10.5 Å². The summed E-state index contributed by atoms with van der Waals surface area (Å²) in [6.07, 6.45) is -4.66. The van der Waals surface area contributed by atoms with E-state index in [9.17, 15) is 22.8 Å². The van der Waals surface area contributed by atoms with Crippen molar-refractivity contribution in [1.82, 2.24) is 10.2 Å². The molecule has 2 amide bonds. The molecule has 0 bridgehead atoms. The number of hydrogen-bond donors (Lipinski definition) is 2. The molecule has 25 heavy (non-hydrogen) atoms. The fourth-order valence-electron chi connectivity index (χ4n) is 2.75. The van der Waals surface area contributed by atoms with Gasteiger partial charge < -0.3 is 20.1 Å². The third kappa shape index (κ3) is 4.77. The predicted octanol–water partition coefficient (Wildman–Crippen LogP) is 2.49. The summed E-state index contributed by atoms with van der Waals surface area (Å²) in [7, 11) is 0. The summed E-state index contributed by atoms with van der Waals surface area (Å²) in [5.41, 5.74) is 0.723. The maximum absolute atomic E-state index is 12.9. The lowest BCUT2D eigenvalue weighted by Crippen LogP contribution is -2.39. The number of likely N-dealkylation sites (tertiary alicyclic amines) is 1. The fourth-order valence-corrected chi connectivity index (χ4v) is 2.75. The van der Waals surface area contributed by atoms with Gasteiger partial charge in [0.2, 0.25) is 0 Å². The monoisotopic (exact) mass is 360 g/mol. The third-order valence-corrected chi connectivity index (χ3v) is 4.00. The van der Waals surface area contributed by atoms with Crippen molar-refractivity contribution in [3.05, 3.63) is 29.8 Å². The summed E-state index contributed by atoms with van der Waals surface area (Å²) in [6.45, 7) is 1.29. The lowest BCUT2D eigenvalue weighted by atomic mass is 9.96. The number of carboxylic acids is 1. The molecule has 1 heterocycles. The fraction of sp³-hybridized carbons (Fsp3) is 0.500. The van der Waals surface area contributed by atoms with E-state index in [1.807, 2.05) is 6.92 Å². The zero-order valence-electron chi connectivity index (χ0n) is 13.5. The molecule has 2 N–H and O–H groups in total. The number of aliphatic carboxylic acids is 1. The molecule has 9 heteroatoms. The Morgan fingerprint density at radius 3 is 2.64 bits per heavy atom. The number of carboxylic acid groups (broad SMARTS) is 1. The highest BCUT2D eigenvalue weighted by molar-refractivity contribution is 5.77. The lowest BCUT2D eigenvalue weighted by Gasteiger charge is -2.18. The van der Waals surface area contributed by atoms with Gasteiger partial charge in [-0.3, -0.25) is 4.79 Å². The molecule has 2 rings (SSSR count). The van der Waals surface area contributed by atoms with Gasteiger partial charge in [-0.1, -0.05) is 12.1 Å². The molecular weight excluding hydrogens is 341 g/mol. The maximum atomic E-state index is 12.9. The van der Waals surface area contributed by atoms with Gasteiger partial charge in [0.15, 0.2) is 0 Å². The molecular formula is C16H19F3N2O4. The third-order valence-electron chi connectivity index (χ3n) is 4.00. The van der Waals surface area contributed by atoms with Crippen LogP contribution in [0.3, 0.4) is 0 Å². The molecule has 1 fully saturated rings. The highest BCUT2D eigenvalue weighted by atomic mass is 19.4. The zero-order chi connectivity index (χ0) is 18.6. The number of carbonyl (C=O) groups excluding carboxylic acids is 1. The van der Waals surface area contributed by atoms with Gasteiger partial charge in [0, 0.05) is 19.6 Å². The average molecular weight is 360 g/mol. The molecule has 0 radical (unpaired) electrons. The molecule has 0 saturated carbocycles. The first-order valence-electron chi connectivity index (χ1n) is 7.76. The number of rotatable bonds is 5. The van der Waals surface area contributed by atoms with Crippen LogP contribution in [0.15, 0.2) is 24.3 Å². The molecule has 0 aromatic heterocycles. The van der Waals surface area contributed by atoms with E-state index < -0.39 is 43.1 Å². The Labute approximate surface area is 142 Å². The Morgan fingerprint density at radius 2 is 2.08 bits per heavy atom. The number of nitrogens with one attached hydrogen (secondary N) is 1. The molecule has 0 unspecified atom stereocenters. The maximum Gasteiger partial charge on any atom is 0.394 e. The van der Waals surface area contributed by atoms with Crippen molar-refractivity contribution >= 4 is 12.0 Å². The van der Waals surface area contributed by atoms with Crippen LogP contribution < -0.4 is 10.1 Å². The van der Waals surface area contributed by atoms with Crippen LogP contribution in [0.4, 0.5) is 18.0 Å². The van der Waals surface area contributed by atoms with Crippen LogP contribution in [0.25, 0.3) is 0 Å². The number of ether oxygens (including phenoxy) is 1. The van der Waals surface area contributed by atoms with Crippen molar-refractivity contribution in [2.45, 2.75) is 19.6 Å². The van der Waals surface area contributed by atoms with Crippen molar-refractivity contribution in [2.75, 3.05) is 19.7 Å². The highest BCUT2D eigenvalue weighted by Gasteiger charge is 2.53. The van der Waals surface area contributed by atoms with Gasteiger partial charge in [0.05, 0.1) is 18.4 Å². The van der Waals surface area contributed by atoms with Gasteiger partial charge >= 0.3 is 18.2 Å². The van der Waals surface area contributed by atoms with Crippen LogP contribution in [-0.2, 0) is 11.3 Å². The van der Waals surface area contributed by atoms with Gasteiger partial charge in [-0.15, -0.1) is 0 Å². The highest BCUT2D eigenvalue weighted by Crippen LogP contribution is 2.37. The second-order valence-corrected chi connectivity index (χ2v) is 5.74. The van der Waals surface area contributed by atoms with Gasteiger partial charge in [0.1, 0.15) is 5.75 Å². The predicted molar refractivity (Wildman–Crippen MR) is 82.1 cm³/mol. The van der Waals surface area contributed by atoms with Crippen molar-refractivity contribution in [1.29, 1.82) is 0 Å². The first-order valence-corrected chi connectivity index (χ1v) is 7.76. The number of urea groups is 1. The summed E-state index contributed by atoms with van der Waals surface area (Å²) in [5.74, 6) is -4.63. The second-order valence-electron chi connectivity index (χ2n) is 5.74. The molecule has 1 saturated heterocycles. The number of benzene rings is 1. The topological polar surface area (TPSA) is 78.9 Å². The van der Waals surface area contributed by atoms with Crippen LogP contribution >= 0.6 is 0 Å². The van der Waals surface area contributed by atoms with E-state index in [4.69, 9.17) is 9.84 Å². The van der Waals surface area contributed by atoms with Crippen LogP contribution in [0.1, 0.15) is 12.5 Å². The van der Waals surface area contributed by atoms with Crippen LogP contribution in [0.2, 0.25) is 0 Å². The molecule has 1 aliphatic heterocycles. The molecule has 1 aromatic carbocycles. The second kappa shape index (κ2) is 7.62. The molecule has 0 spiro atoms. The molecule has 1 aliphatic rings. The van der Waals surface area contributed by atoms with Crippen LogP contribution in [-0.4, -0.2) is 47.9 Å². The van der Waals surface area contributed by atoms with Gasteiger partial charge in [-0.2, -0.15) is 13.2 Å². The van der Waals surface area contributed by atoms with Crippen molar-refractivity contribution in [3.8, 4) is 5.75 Å². The Morgan fingerprint density at radius 1 is 1.36 bits per heavy atom. The summed E-state index contributed by atoms with van der Waals surface area (Å²) >= 11 is 0. The Kier molecular flexibility index (Phi) is 5.76. The summed E-state index contributed by atoms with van der Waals surface area (Å²) in [4.78, 5) is 24.0. The van der Waals surface area contributed by atoms with Gasteiger partial charge in [-0.25, -0.2) is 4.79 Å². The van der Waals surface area contributed by atoms with E-state index in [1.165, 1.54) is 0 Å². The van der Waals surface area contributed by atoms with Crippen molar-refractivity contribution < 1.29 is 32.6 Å². The number of halogens is 3. The quantitative estimate of drug-likeness (QED) is 0.846. The van der Waals surface area contributed by atoms with E-state index in [-0.39, 0.29) is 6.54 Å². The molecule has 2 atom stereocenters. The van der Waals surface area contributed by atoms with E-state index >= 15 is 0 Å². The normalized spacial score (nSPS) is 20.4. The van der Waals surface area contributed by atoms with E-state index in [1.54, 1.807) is 24.3 Å². The number of carbonyl (C=O) groups is 2. The minimum absolute atomic E-state index is 0.102. The molecule has 0 aliphatic carbocycles. The number of hydrogen-bond acceptors (Lipinski definition) is 3. The zero-order valence-corrected chi connectivity index (χ0v) is 13.5. The Balaban J connectivity index is 1.97. The number of nitrogens with zero attached hydrogens (tertiary/aromatic N) is 1. The van der Waals surface area contributed by atoms with Crippen LogP contribution in [0.5, 0.6) is 5.75 Å². The number of alkyl halides is 3. The Hall–Kier alpha value is -2.45. The SMILES string of the molecule is CCOc1cccc(CNC(=O)N2C[C@@H](C(F)(F)F)[C@H](C(=O)O)C2)c1. The van der Waals surface area contributed by atoms with E-state index in [2.05, 4.69) is 5.32 Å². The van der Waals surface area contributed by atoms with Gasteiger partial charge in [-0.05, 0) is 24.6 Å². The minimum atomic E-state index is -4.66.